The molecule has 1 aromatic rings. The van der Waals surface area contributed by atoms with E-state index < -0.39 is 23.2 Å². The molecule has 166 valence electrons. The first-order valence-corrected chi connectivity index (χ1v) is 10.1. The van der Waals surface area contributed by atoms with Gasteiger partial charge in [-0.15, -0.1) is 13.0 Å². The maximum atomic E-state index is 12.8. The van der Waals surface area contributed by atoms with Crippen molar-refractivity contribution in [3.63, 3.8) is 0 Å². The van der Waals surface area contributed by atoms with E-state index in [1.165, 1.54) is 18.1 Å². The minimum atomic E-state index is -1.11. The normalized spacial score (nSPS) is 19.4. The van der Waals surface area contributed by atoms with Gasteiger partial charge in [0.05, 0.1) is 7.11 Å². The monoisotopic (exact) mass is 425 g/mol. The summed E-state index contributed by atoms with van der Waals surface area (Å²) in [6, 6.07) is 3.68. The lowest BCUT2D eigenvalue weighted by Crippen LogP contribution is -2.45. The van der Waals surface area contributed by atoms with Gasteiger partial charge in [0.15, 0.2) is 23.4 Å². The van der Waals surface area contributed by atoms with Crippen LogP contribution in [0.5, 0.6) is 11.5 Å². The number of amides is 1. The quantitative estimate of drug-likeness (QED) is 0.357. The van der Waals surface area contributed by atoms with Gasteiger partial charge in [0, 0.05) is 19.2 Å². The number of methoxy groups -OCH3 is 1. The number of hydrogen-bond acceptors (Lipinski definition) is 5. The summed E-state index contributed by atoms with van der Waals surface area (Å²) in [5, 5.41) is 0. The van der Waals surface area contributed by atoms with Gasteiger partial charge in [-0.2, -0.15) is 0 Å². The van der Waals surface area contributed by atoms with Gasteiger partial charge >= 0.3 is 6.09 Å². The fourth-order valence-corrected chi connectivity index (χ4v) is 3.71. The summed E-state index contributed by atoms with van der Waals surface area (Å²) < 4.78 is 17.0. The van der Waals surface area contributed by atoms with Crippen LogP contribution in [0.1, 0.15) is 38.3 Å². The number of ether oxygens (including phenoxy) is 3. The highest BCUT2D eigenvalue weighted by Crippen LogP contribution is 2.51. The summed E-state index contributed by atoms with van der Waals surface area (Å²) in [7, 11) is 3.16. The van der Waals surface area contributed by atoms with E-state index in [9.17, 15) is 9.59 Å². The zero-order chi connectivity index (χ0) is 23.4. The van der Waals surface area contributed by atoms with Crippen LogP contribution in [0.15, 0.2) is 37.4 Å². The lowest BCUT2D eigenvalue weighted by atomic mass is 9.71. The first-order valence-electron chi connectivity index (χ1n) is 10.1. The van der Waals surface area contributed by atoms with Crippen molar-refractivity contribution in [3.05, 3.63) is 48.6 Å². The third-order valence-corrected chi connectivity index (χ3v) is 5.19. The van der Waals surface area contributed by atoms with Crippen molar-refractivity contribution in [2.45, 2.75) is 50.7 Å². The minimum absolute atomic E-state index is 0.258. The Balaban J connectivity index is 2.53. The molecule has 1 aromatic carbocycles. The SMILES string of the molecule is C#C[C@]1(CCN(C)C(=O)OC(C)(C)C)c2c(CC=C)ccc(OC)c2O[C@H]1C(=O)C=C. The molecule has 0 aromatic heterocycles. The van der Waals surface area contributed by atoms with E-state index in [4.69, 9.17) is 20.6 Å². The highest BCUT2D eigenvalue weighted by Gasteiger charge is 2.53. The maximum Gasteiger partial charge on any atom is 0.410 e. The smallest absolute Gasteiger partial charge is 0.410 e. The molecule has 1 amide bonds. The van der Waals surface area contributed by atoms with Gasteiger partial charge in [0.25, 0.3) is 0 Å². The Morgan fingerprint density at radius 3 is 2.55 bits per heavy atom. The molecule has 0 fully saturated rings. The van der Waals surface area contributed by atoms with Crippen molar-refractivity contribution in [1.29, 1.82) is 0 Å². The maximum absolute atomic E-state index is 12.8. The second-order valence-corrected chi connectivity index (χ2v) is 8.50. The molecule has 0 saturated heterocycles. The molecule has 31 heavy (non-hydrogen) atoms. The molecule has 0 radical (unpaired) electrons. The summed E-state index contributed by atoms with van der Waals surface area (Å²) in [5.74, 6) is 3.43. The first-order chi connectivity index (χ1) is 14.5. The van der Waals surface area contributed by atoms with Gasteiger partial charge < -0.3 is 19.1 Å². The molecule has 0 spiro atoms. The third-order valence-electron chi connectivity index (χ3n) is 5.19. The Hall–Kier alpha value is -3.20. The summed E-state index contributed by atoms with van der Waals surface area (Å²) in [6.45, 7) is 13.1. The van der Waals surface area contributed by atoms with Crippen molar-refractivity contribution < 1.29 is 23.8 Å². The number of terminal acetylenes is 1. The van der Waals surface area contributed by atoms with Crippen LogP contribution in [-0.2, 0) is 21.4 Å². The van der Waals surface area contributed by atoms with Gasteiger partial charge in [-0.3, -0.25) is 4.79 Å². The molecule has 0 N–H and O–H groups in total. The Labute approximate surface area is 184 Å². The highest BCUT2D eigenvalue weighted by molar-refractivity contribution is 5.96. The molecule has 1 heterocycles. The van der Waals surface area contributed by atoms with Gasteiger partial charge in [-0.05, 0) is 51.3 Å². The molecule has 2 rings (SSSR count). The molecular formula is C25H31NO5. The van der Waals surface area contributed by atoms with Gasteiger partial charge in [-0.25, -0.2) is 4.79 Å². The van der Waals surface area contributed by atoms with Crippen LogP contribution in [0.3, 0.4) is 0 Å². The minimum Gasteiger partial charge on any atom is -0.493 e. The van der Waals surface area contributed by atoms with E-state index in [1.54, 1.807) is 40.0 Å². The third kappa shape index (κ3) is 4.77. The van der Waals surface area contributed by atoms with Gasteiger partial charge in [-0.1, -0.05) is 24.6 Å². The van der Waals surface area contributed by atoms with Crippen LogP contribution < -0.4 is 9.47 Å². The molecule has 2 atom stereocenters. The average Bonchev–Trinajstić information content (AvgIpc) is 3.06. The van der Waals surface area contributed by atoms with Crippen LogP contribution in [0.25, 0.3) is 0 Å². The summed E-state index contributed by atoms with van der Waals surface area (Å²) in [4.78, 5) is 26.7. The number of allylic oxidation sites excluding steroid dienone is 1. The number of fused-ring (bicyclic) bond motifs is 1. The zero-order valence-electron chi connectivity index (χ0n) is 19.0. The Morgan fingerprint density at radius 2 is 2.03 bits per heavy atom. The molecule has 0 aliphatic carbocycles. The van der Waals surface area contributed by atoms with Crippen molar-refractivity contribution in [1.82, 2.24) is 4.90 Å². The van der Waals surface area contributed by atoms with E-state index in [0.717, 1.165) is 5.56 Å². The molecule has 6 heteroatoms. The number of rotatable bonds is 8. The lowest BCUT2D eigenvalue weighted by Gasteiger charge is -2.31. The number of ketones is 1. The number of benzene rings is 1. The van der Waals surface area contributed by atoms with Crippen LogP contribution in [0.4, 0.5) is 4.79 Å². The van der Waals surface area contributed by atoms with Crippen molar-refractivity contribution in [2.75, 3.05) is 20.7 Å². The number of hydrogen-bond donors (Lipinski definition) is 0. The molecule has 1 aliphatic heterocycles. The van der Waals surface area contributed by atoms with E-state index in [1.807, 2.05) is 6.07 Å². The lowest BCUT2D eigenvalue weighted by molar-refractivity contribution is -0.122. The summed E-state index contributed by atoms with van der Waals surface area (Å²) in [5.41, 5.74) is -0.122. The Bertz CT molecular complexity index is 921. The second kappa shape index (κ2) is 9.30. The van der Waals surface area contributed by atoms with E-state index in [0.29, 0.717) is 23.5 Å². The van der Waals surface area contributed by atoms with Crippen LogP contribution in [0.2, 0.25) is 0 Å². The number of carbonyl (C=O) groups is 2. The highest BCUT2D eigenvalue weighted by atomic mass is 16.6. The van der Waals surface area contributed by atoms with E-state index in [-0.39, 0.29) is 18.7 Å². The van der Waals surface area contributed by atoms with Crippen molar-refractivity contribution in [3.8, 4) is 23.8 Å². The zero-order valence-corrected chi connectivity index (χ0v) is 19.0. The van der Waals surface area contributed by atoms with Crippen LogP contribution in [-0.4, -0.2) is 49.2 Å². The number of nitrogens with zero attached hydrogens (tertiary/aromatic N) is 1. The molecular weight excluding hydrogens is 394 g/mol. The molecule has 6 nitrogen and oxygen atoms in total. The topological polar surface area (TPSA) is 65.1 Å². The number of carbonyl (C=O) groups excluding carboxylic acids is 2. The fraction of sp³-hybridized carbons (Fsp3) is 0.440. The predicted molar refractivity (Wildman–Crippen MR) is 121 cm³/mol. The van der Waals surface area contributed by atoms with Crippen molar-refractivity contribution in [2.24, 2.45) is 0 Å². The Kier molecular flexibility index (Phi) is 7.22. The predicted octanol–water partition coefficient (Wildman–Crippen LogP) is 4.07. The summed E-state index contributed by atoms with van der Waals surface area (Å²) in [6.07, 6.45) is 8.42. The van der Waals surface area contributed by atoms with Gasteiger partial charge in [0.2, 0.25) is 0 Å². The second-order valence-electron chi connectivity index (χ2n) is 8.50. The molecule has 0 saturated carbocycles. The Morgan fingerprint density at radius 1 is 1.35 bits per heavy atom. The van der Waals surface area contributed by atoms with Crippen molar-refractivity contribution >= 4 is 11.9 Å². The fourth-order valence-electron chi connectivity index (χ4n) is 3.71. The van der Waals surface area contributed by atoms with E-state index in [2.05, 4.69) is 19.1 Å². The average molecular weight is 426 g/mol. The largest absolute Gasteiger partial charge is 0.493 e. The molecule has 0 bridgehead atoms. The van der Waals surface area contributed by atoms with E-state index >= 15 is 0 Å². The first kappa shape index (κ1) is 24.1. The standard InChI is InChI=1S/C25H31NO5/c1-9-12-17-13-14-19(29-8)21-20(17)25(11-3,22(30-21)18(27)10-2)15-16-26(7)23(28)31-24(4,5)6/h3,9-10,13-14,22H,1-2,12,15-16H2,4-8H3/t22-,25-/m0/s1. The van der Waals surface area contributed by atoms with Gasteiger partial charge in [0.1, 0.15) is 11.0 Å². The summed E-state index contributed by atoms with van der Waals surface area (Å²) >= 11 is 0. The van der Waals surface area contributed by atoms with Crippen LogP contribution in [0, 0.1) is 12.3 Å². The van der Waals surface area contributed by atoms with Crippen LogP contribution >= 0.6 is 0 Å². The molecule has 1 aliphatic rings. The molecule has 0 unspecified atom stereocenters.